The van der Waals surface area contributed by atoms with E-state index in [2.05, 4.69) is 68.6 Å². The van der Waals surface area contributed by atoms with E-state index < -0.39 is 0 Å². The van der Waals surface area contributed by atoms with Gasteiger partial charge in [0, 0.05) is 21.7 Å². The zero-order chi connectivity index (χ0) is 34.6. The Morgan fingerprint density at radius 1 is 0.615 bits per heavy atom. The van der Waals surface area contributed by atoms with Crippen molar-refractivity contribution >= 4 is 49.3 Å². The van der Waals surface area contributed by atoms with Gasteiger partial charge in [-0.25, -0.2) is 4.85 Å². The summed E-state index contributed by atoms with van der Waals surface area (Å²) < 4.78 is 4.19. The largest absolute Gasteiger partial charge is 0.278 e. The number of para-hydroxylation sites is 2. The minimum Gasteiger partial charge on any atom is -0.278 e. The highest BCUT2D eigenvalue weighted by molar-refractivity contribution is 6.11. The Morgan fingerprint density at radius 2 is 1.15 bits per heavy atom. The van der Waals surface area contributed by atoms with Crippen molar-refractivity contribution in [3.63, 3.8) is 0 Å². The van der Waals surface area contributed by atoms with E-state index in [0.717, 1.165) is 66.9 Å². The molecule has 52 heavy (non-hydrogen) atoms. The molecule has 3 aromatic heterocycles. The summed E-state index contributed by atoms with van der Waals surface area (Å²) in [5.41, 5.74) is 7.68. The maximum atomic E-state index is 9.76. The SMILES string of the molecule is [C-]#[N+]c1ccc2c(c1)c1ccccc1n2-c1nc(-c2ccc(C34CC5CC(CC(C5)C3)C4)cc2)nc(-n2c3ccccc3c3cc(C#N)ccc32)n1. The quantitative estimate of drug-likeness (QED) is 0.175. The fraction of sp³-hybridized carbons (Fsp3) is 0.222. The van der Waals surface area contributed by atoms with Gasteiger partial charge in [-0.1, -0.05) is 66.7 Å². The first-order chi connectivity index (χ1) is 25.6. The molecule has 0 aliphatic heterocycles. The second-order valence-electron chi connectivity index (χ2n) is 15.4. The lowest BCUT2D eigenvalue weighted by Crippen LogP contribution is -2.48. The summed E-state index contributed by atoms with van der Waals surface area (Å²) in [6, 6.07) is 39.5. The maximum absolute atomic E-state index is 9.76. The Labute approximate surface area is 300 Å². The van der Waals surface area contributed by atoms with Gasteiger partial charge in [-0.2, -0.15) is 20.2 Å². The molecule has 4 aliphatic rings. The van der Waals surface area contributed by atoms with E-state index in [1.807, 2.05) is 60.7 Å². The van der Waals surface area contributed by atoms with Crippen LogP contribution in [-0.2, 0) is 5.41 Å². The monoisotopic (exact) mass is 671 g/mol. The number of nitriles is 1. The van der Waals surface area contributed by atoms with Crippen LogP contribution >= 0.6 is 0 Å². The van der Waals surface area contributed by atoms with Gasteiger partial charge in [0.05, 0.1) is 40.3 Å². The van der Waals surface area contributed by atoms with Crippen molar-refractivity contribution in [2.45, 2.75) is 43.9 Å². The first kappa shape index (κ1) is 29.4. The van der Waals surface area contributed by atoms with Crippen molar-refractivity contribution in [3.8, 4) is 29.4 Å². The summed E-state index contributed by atoms with van der Waals surface area (Å²) in [6.07, 6.45) is 8.25. The lowest BCUT2D eigenvalue weighted by molar-refractivity contribution is -0.00518. The molecular weight excluding hydrogens is 639 g/mol. The Morgan fingerprint density at radius 3 is 1.73 bits per heavy atom. The summed E-state index contributed by atoms with van der Waals surface area (Å²) in [6.45, 7) is 7.68. The highest BCUT2D eigenvalue weighted by atomic mass is 15.3. The third-order valence-corrected chi connectivity index (χ3v) is 12.4. The van der Waals surface area contributed by atoms with Crippen molar-refractivity contribution in [1.82, 2.24) is 24.1 Å². The fourth-order valence-corrected chi connectivity index (χ4v) is 10.6. The van der Waals surface area contributed by atoms with Crippen LogP contribution in [0, 0.1) is 35.7 Å². The molecule has 0 saturated heterocycles. The highest BCUT2D eigenvalue weighted by Gasteiger charge is 2.51. The topological polar surface area (TPSA) is 76.7 Å². The molecule has 5 aromatic carbocycles. The van der Waals surface area contributed by atoms with E-state index in [1.54, 1.807) is 0 Å². The zero-order valence-electron chi connectivity index (χ0n) is 28.5. The number of nitrogens with zero attached hydrogens (tertiary/aromatic N) is 7. The van der Waals surface area contributed by atoms with E-state index in [9.17, 15) is 5.26 Å². The van der Waals surface area contributed by atoms with Gasteiger partial charge in [0.1, 0.15) is 0 Å². The predicted octanol–water partition coefficient (Wildman–Crippen LogP) is 10.6. The number of fused-ring (bicyclic) bond motifs is 6. The molecule has 248 valence electrons. The van der Waals surface area contributed by atoms with Gasteiger partial charge in [-0.05, 0) is 115 Å². The molecular formula is C45H33N7. The second kappa shape index (κ2) is 10.8. The first-order valence-electron chi connectivity index (χ1n) is 18.3. The molecule has 8 aromatic rings. The van der Waals surface area contributed by atoms with Gasteiger partial charge in [-0.15, -0.1) is 0 Å². The molecule has 0 N–H and O–H groups in total. The summed E-state index contributed by atoms with van der Waals surface area (Å²) in [5.74, 6) is 4.25. The standard InChI is InChI=1S/C45H33N7/c1-47-33-15-17-41-37(22-33)35-7-3-5-9-39(35)52(41)44-49-42(31-11-13-32(14-12-31)45-23-28-18-29(24-45)20-30(19-28)25-45)48-43(50-44)51-38-8-4-2-6-34(38)36-21-27(26-46)10-16-40(36)51/h2-17,21-22,28-30H,18-20,23-25H2. The molecule has 0 atom stereocenters. The third kappa shape index (κ3) is 4.26. The van der Waals surface area contributed by atoms with Crippen LogP contribution < -0.4 is 0 Å². The lowest BCUT2D eigenvalue weighted by atomic mass is 9.48. The second-order valence-corrected chi connectivity index (χ2v) is 15.4. The number of rotatable bonds is 4. The van der Waals surface area contributed by atoms with Crippen LogP contribution in [0.2, 0.25) is 0 Å². The molecule has 0 radical (unpaired) electrons. The van der Waals surface area contributed by atoms with Crippen LogP contribution in [0.1, 0.15) is 49.7 Å². The molecule has 4 saturated carbocycles. The Hall–Kier alpha value is -6.31. The average molecular weight is 672 g/mol. The van der Waals surface area contributed by atoms with Crippen molar-refractivity contribution in [1.29, 1.82) is 5.26 Å². The Bertz CT molecular complexity index is 2680. The van der Waals surface area contributed by atoms with Gasteiger partial charge >= 0.3 is 0 Å². The molecule has 4 aliphatic carbocycles. The maximum Gasteiger partial charge on any atom is 0.240 e. The summed E-state index contributed by atoms with van der Waals surface area (Å²) in [5, 5.41) is 13.8. The number of benzene rings is 5. The molecule has 12 rings (SSSR count). The minimum atomic E-state index is 0.307. The molecule has 7 nitrogen and oxygen atoms in total. The number of hydrogen-bond donors (Lipinski definition) is 0. The molecule has 4 bridgehead atoms. The van der Waals surface area contributed by atoms with Crippen LogP contribution in [0.3, 0.4) is 0 Å². The molecule has 0 unspecified atom stereocenters. The smallest absolute Gasteiger partial charge is 0.240 e. The first-order valence-corrected chi connectivity index (χ1v) is 18.3. The van der Waals surface area contributed by atoms with E-state index in [0.29, 0.717) is 34.4 Å². The van der Waals surface area contributed by atoms with Gasteiger partial charge < -0.3 is 0 Å². The highest BCUT2D eigenvalue weighted by Crippen LogP contribution is 2.60. The van der Waals surface area contributed by atoms with E-state index >= 15 is 0 Å². The summed E-state index contributed by atoms with van der Waals surface area (Å²) in [7, 11) is 0. The lowest BCUT2D eigenvalue weighted by Gasteiger charge is -2.57. The van der Waals surface area contributed by atoms with Crippen molar-refractivity contribution in [2.75, 3.05) is 0 Å². The number of hydrogen-bond acceptors (Lipinski definition) is 4. The Balaban J connectivity index is 1.15. The molecule has 0 spiro atoms. The number of aromatic nitrogens is 5. The van der Waals surface area contributed by atoms with Crippen LogP contribution in [0.5, 0.6) is 0 Å². The van der Waals surface area contributed by atoms with Crippen molar-refractivity contribution < 1.29 is 0 Å². The Kier molecular flexibility index (Phi) is 6.14. The third-order valence-electron chi connectivity index (χ3n) is 12.4. The van der Waals surface area contributed by atoms with Crippen LogP contribution in [0.25, 0.3) is 71.7 Å². The zero-order valence-corrected chi connectivity index (χ0v) is 28.5. The fourth-order valence-electron chi connectivity index (χ4n) is 10.6. The van der Waals surface area contributed by atoms with Crippen LogP contribution in [0.15, 0.2) is 109 Å². The minimum absolute atomic E-state index is 0.307. The molecule has 4 fully saturated rings. The summed E-state index contributed by atoms with van der Waals surface area (Å²) >= 11 is 0. The van der Waals surface area contributed by atoms with E-state index in [4.69, 9.17) is 21.5 Å². The van der Waals surface area contributed by atoms with Gasteiger partial charge in [0.2, 0.25) is 11.9 Å². The van der Waals surface area contributed by atoms with Crippen LogP contribution in [0.4, 0.5) is 5.69 Å². The van der Waals surface area contributed by atoms with Crippen LogP contribution in [-0.4, -0.2) is 24.1 Å². The van der Waals surface area contributed by atoms with Gasteiger partial charge in [-0.3, -0.25) is 9.13 Å². The van der Waals surface area contributed by atoms with Crippen molar-refractivity contribution in [3.05, 3.63) is 132 Å². The molecule has 3 heterocycles. The van der Waals surface area contributed by atoms with Gasteiger partial charge in [0.15, 0.2) is 11.5 Å². The molecule has 7 heteroatoms. The summed E-state index contributed by atoms with van der Waals surface area (Å²) in [4.78, 5) is 19.4. The average Bonchev–Trinajstić information content (AvgIpc) is 3.69. The predicted molar refractivity (Wildman–Crippen MR) is 205 cm³/mol. The van der Waals surface area contributed by atoms with E-state index in [1.165, 1.54) is 44.1 Å². The van der Waals surface area contributed by atoms with Crippen molar-refractivity contribution in [2.24, 2.45) is 17.8 Å². The molecule has 0 amide bonds. The van der Waals surface area contributed by atoms with Gasteiger partial charge in [0.25, 0.3) is 0 Å². The van der Waals surface area contributed by atoms with E-state index in [-0.39, 0.29) is 0 Å². The normalized spacial score (nSPS) is 22.0.